The minimum Gasteiger partial charge on any atom is -0.245 e. The molecule has 0 radical (unpaired) electrons. The van der Waals surface area contributed by atoms with Crippen LogP contribution >= 0.6 is 0 Å². The zero-order valence-electron chi connectivity index (χ0n) is 11.7. The summed E-state index contributed by atoms with van der Waals surface area (Å²) < 4.78 is 32.4. The van der Waals surface area contributed by atoms with Gasteiger partial charge in [0.25, 0.3) is 0 Å². The van der Waals surface area contributed by atoms with Gasteiger partial charge in [-0.25, -0.2) is 8.37 Å². The van der Waals surface area contributed by atoms with Gasteiger partial charge in [0.2, 0.25) is 0 Å². The Hall–Kier alpha value is -0.130. The summed E-state index contributed by atoms with van der Waals surface area (Å²) in [6, 6.07) is 0. The van der Waals surface area contributed by atoms with Crippen LogP contribution in [0.1, 0.15) is 65.7 Å². The number of rotatable bonds is 7. The second-order valence-corrected chi connectivity index (χ2v) is 6.46. The highest BCUT2D eigenvalue weighted by molar-refractivity contribution is 7.81. The molecule has 0 saturated carbocycles. The molecule has 1 aliphatic heterocycles. The monoisotopic (exact) mass is 278 g/mol. The summed E-state index contributed by atoms with van der Waals surface area (Å²) in [6.07, 6.45) is 6.93. The molecule has 5 heteroatoms. The third-order valence-electron chi connectivity index (χ3n) is 3.57. The normalized spacial score (nSPS) is 29.1. The molecule has 1 rings (SSSR count). The maximum Gasteiger partial charge on any atom is 0.400 e. The van der Waals surface area contributed by atoms with E-state index in [1.807, 2.05) is 0 Å². The van der Waals surface area contributed by atoms with E-state index < -0.39 is 10.4 Å². The maximum atomic E-state index is 11.3. The van der Waals surface area contributed by atoms with Gasteiger partial charge in [0.1, 0.15) is 0 Å². The van der Waals surface area contributed by atoms with Crippen LogP contribution in [0.4, 0.5) is 0 Å². The van der Waals surface area contributed by atoms with Gasteiger partial charge in [0.05, 0.1) is 12.2 Å². The van der Waals surface area contributed by atoms with Crippen molar-refractivity contribution in [2.45, 2.75) is 77.9 Å². The van der Waals surface area contributed by atoms with Crippen molar-refractivity contribution in [3.05, 3.63) is 0 Å². The number of hydrogen-bond acceptors (Lipinski definition) is 4. The molecule has 0 N–H and O–H groups in total. The van der Waals surface area contributed by atoms with E-state index in [1.54, 1.807) is 6.92 Å². The smallest absolute Gasteiger partial charge is 0.245 e. The fourth-order valence-electron chi connectivity index (χ4n) is 2.47. The molecule has 0 bridgehead atoms. The van der Waals surface area contributed by atoms with Gasteiger partial charge in [-0.3, -0.25) is 0 Å². The van der Waals surface area contributed by atoms with E-state index in [9.17, 15) is 8.42 Å². The highest BCUT2D eigenvalue weighted by atomic mass is 32.3. The predicted octanol–water partition coefficient (Wildman–Crippen LogP) is 3.42. The van der Waals surface area contributed by atoms with E-state index in [0.29, 0.717) is 12.3 Å². The standard InChI is InChI=1S/C13H26O4S/c1-4-6-7-12(5-2)8-9-13-10-11(3)16-18(14,15)17-13/h11-13H,4-10H2,1-3H3. The largest absolute Gasteiger partial charge is 0.400 e. The molecule has 1 aliphatic rings. The van der Waals surface area contributed by atoms with E-state index in [4.69, 9.17) is 8.37 Å². The fourth-order valence-corrected chi connectivity index (χ4v) is 3.51. The van der Waals surface area contributed by atoms with Crippen LogP contribution in [0.25, 0.3) is 0 Å². The summed E-state index contributed by atoms with van der Waals surface area (Å²) in [5.41, 5.74) is 0. The van der Waals surface area contributed by atoms with Crippen LogP contribution in [0.2, 0.25) is 0 Å². The lowest BCUT2D eigenvalue weighted by Crippen LogP contribution is -2.33. The van der Waals surface area contributed by atoms with Crippen LogP contribution in [0.15, 0.2) is 0 Å². The molecule has 108 valence electrons. The molecule has 4 nitrogen and oxygen atoms in total. The summed E-state index contributed by atoms with van der Waals surface area (Å²) in [5, 5.41) is 0. The van der Waals surface area contributed by atoms with Crippen molar-refractivity contribution in [1.29, 1.82) is 0 Å². The first-order chi connectivity index (χ1) is 8.46. The summed E-state index contributed by atoms with van der Waals surface area (Å²) >= 11 is 0. The Labute approximate surface area is 111 Å². The summed E-state index contributed by atoms with van der Waals surface area (Å²) in [7, 11) is -3.75. The second-order valence-electron chi connectivity index (χ2n) is 5.26. The van der Waals surface area contributed by atoms with Gasteiger partial charge in [0.15, 0.2) is 0 Å². The molecule has 0 aromatic heterocycles. The van der Waals surface area contributed by atoms with Crippen molar-refractivity contribution in [3.8, 4) is 0 Å². The molecule has 0 aromatic carbocycles. The van der Waals surface area contributed by atoms with Crippen molar-refractivity contribution in [1.82, 2.24) is 0 Å². The van der Waals surface area contributed by atoms with Gasteiger partial charge in [-0.05, 0) is 25.7 Å². The van der Waals surface area contributed by atoms with Crippen molar-refractivity contribution in [2.24, 2.45) is 5.92 Å². The van der Waals surface area contributed by atoms with Gasteiger partial charge in [0, 0.05) is 6.42 Å². The molecule has 3 atom stereocenters. The third kappa shape index (κ3) is 5.67. The molecule has 0 spiro atoms. The first-order valence-corrected chi connectivity index (χ1v) is 8.41. The molecule has 0 amide bonds. The van der Waals surface area contributed by atoms with Crippen LogP contribution in [-0.2, 0) is 18.8 Å². The molecule has 0 aromatic rings. The SMILES string of the molecule is CCCCC(CC)CCC1CC(C)OS(=O)(=O)O1. The number of unbranched alkanes of at least 4 members (excludes halogenated alkanes) is 1. The Bertz CT molecular complexity index is 326. The topological polar surface area (TPSA) is 52.6 Å². The van der Waals surface area contributed by atoms with E-state index in [2.05, 4.69) is 13.8 Å². The second kappa shape index (κ2) is 7.46. The lowest BCUT2D eigenvalue weighted by molar-refractivity contribution is 0.0418. The van der Waals surface area contributed by atoms with Crippen LogP contribution in [-0.4, -0.2) is 20.6 Å². The first-order valence-electron chi connectivity index (χ1n) is 7.08. The Morgan fingerprint density at radius 2 is 1.94 bits per heavy atom. The summed E-state index contributed by atoms with van der Waals surface area (Å²) in [5.74, 6) is 0.689. The van der Waals surface area contributed by atoms with Gasteiger partial charge in [-0.15, -0.1) is 0 Å². The van der Waals surface area contributed by atoms with E-state index in [-0.39, 0.29) is 12.2 Å². The molecule has 1 saturated heterocycles. The average Bonchev–Trinajstić information content (AvgIpc) is 2.26. The highest BCUT2D eigenvalue weighted by Crippen LogP contribution is 2.26. The number of hydrogen-bond donors (Lipinski definition) is 0. The van der Waals surface area contributed by atoms with Gasteiger partial charge >= 0.3 is 10.4 Å². The Morgan fingerprint density at radius 3 is 2.50 bits per heavy atom. The molecule has 3 unspecified atom stereocenters. The lowest BCUT2D eigenvalue weighted by Gasteiger charge is -2.27. The van der Waals surface area contributed by atoms with E-state index >= 15 is 0 Å². The summed E-state index contributed by atoms with van der Waals surface area (Å²) in [4.78, 5) is 0. The van der Waals surface area contributed by atoms with E-state index in [0.717, 1.165) is 19.3 Å². The average molecular weight is 278 g/mol. The molecular formula is C13H26O4S. The molecule has 0 aliphatic carbocycles. The molecule has 1 heterocycles. The van der Waals surface area contributed by atoms with Crippen LogP contribution in [0.5, 0.6) is 0 Å². The molecule has 18 heavy (non-hydrogen) atoms. The Balaban J connectivity index is 2.37. The quantitative estimate of drug-likeness (QED) is 0.716. The zero-order chi connectivity index (χ0) is 13.6. The first kappa shape index (κ1) is 15.9. The van der Waals surface area contributed by atoms with Crippen molar-refractivity contribution < 1.29 is 16.8 Å². The zero-order valence-corrected chi connectivity index (χ0v) is 12.5. The van der Waals surface area contributed by atoms with Crippen molar-refractivity contribution in [2.75, 3.05) is 0 Å². The third-order valence-corrected chi connectivity index (χ3v) is 4.64. The highest BCUT2D eigenvalue weighted by Gasteiger charge is 2.31. The fraction of sp³-hybridized carbons (Fsp3) is 1.00. The van der Waals surface area contributed by atoms with Crippen LogP contribution in [0, 0.1) is 5.92 Å². The lowest BCUT2D eigenvalue weighted by atomic mass is 9.92. The van der Waals surface area contributed by atoms with Crippen molar-refractivity contribution in [3.63, 3.8) is 0 Å². The van der Waals surface area contributed by atoms with E-state index in [1.165, 1.54) is 19.3 Å². The van der Waals surface area contributed by atoms with Crippen molar-refractivity contribution >= 4 is 10.4 Å². The molecule has 1 fully saturated rings. The molecular weight excluding hydrogens is 252 g/mol. The Morgan fingerprint density at radius 1 is 1.22 bits per heavy atom. The Kier molecular flexibility index (Phi) is 6.60. The van der Waals surface area contributed by atoms with Gasteiger partial charge in [-0.2, -0.15) is 8.42 Å². The van der Waals surface area contributed by atoms with Gasteiger partial charge in [-0.1, -0.05) is 39.5 Å². The van der Waals surface area contributed by atoms with Crippen LogP contribution in [0.3, 0.4) is 0 Å². The maximum absolute atomic E-state index is 11.3. The van der Waals surface area contributed by atoms with Crippen LogP contribution < -0.4 is 0 Å². The summed E-state index contributed by atoms with van der Waals surface area (Å²) in [6.45, 7) is 6.18. The predicted molar refractivity (Wildman–Crippen MR) is 71.5 cm³/mol. The minimum atomic E-state index is -3.75. The minimum absolute atomic E-state index is 0.200. The van der Waals surface area contributed by atoms with Gasteiger partial charge < -0.3 is 0 Å².